The fourth-order valence-electron chi connectivity index (χ4n) is 1.73. The summed E-state index contributed by atoms with van der Waals surface area (Å²) in [6, 6.07) is 11.4. The Hall–Kier alpha value is -1.39. The van der Waals surface area contributed by atoms with Crippen LogP contribution in [0.3, 0.4) is 0 Å². The first-order chi connectivity index (χ1) is 9.60. The van der Waals surface area contributed by atoms with Gasteiger partial charge in [0.1, 0.15) is 5.82 Å². The van der Waals surface area contributed by atoms with Gasteiger partial charge in [0.2, 0.25) is 0 Å². The van der Waals surface area contributed by atoms with Gasteiger partial charge in [-0.3, -0.25) is 4.79 Å². The zero-order valence-electron chi connectivity index (χ0n) is 10.5. The molecule has 2 aromatic carbocycles. The smallest absolute Gasteiger partial charge is 0.256 e. The first-order valence-electron chi connectivity index (χ1n) is 6.01. The highest BCUT2D eigenvalue weighted by Crippen LogP contribution is 2.20. The van der Waals surface area contributed by atoms with Gasteiger partial charge in [-0.15, -0.1) is 11.6 Å². The zero-order valence-corrected chi connectivity index (χ0v) is 12.8. The maximum absolute atomic E-state index is 13.2. The van der Waals surface area contributed by atoms with E-state index < -0.39 is 5.82 Å². The maximum atomic E-state index is 13.2. The number of hydrogen-bond donors (Lipinski definition) is 1. The van der Waals surface area contributed by atoms with Crippen LogP contribution in [0.2, 0.25) is 0 Å². The number of rotatable bonds is 4. The molecule has 0 bridgehead atoms. The van der Waals surface area contributed by atoms with Crippen molar-refractivity contribution in [3.8, 4) is 0 Å². The first kappa shape index (κ1) is 15.0. The van der Waals surface area contributed by atoms with Gasteiger partial charge in [-0.2, -0.15) is 0 Å². The number of halogens is 3. The molecule has 0 aliphatic heterocycles. The van der Waals surface area contributed by atoms with E-state index in [1.807, 2.05) is 12.1 Å². The van der Waals surface area contributed by atoms with Gasteiger partial charge >= 0.3 is 0 Å². The Morgan fingerprint density at radius 2 is 1.90 bits per heavy atom. The summed E-state index contributed by atoms with van der Waals surface area (Å²) in [4.78, 5) is 12.1. The lowest BCUT2D eigenvalue weighted by atomic mass is 10.1. The minimum absolute atomic E-state index is 0.259. The lowest BCUT2D eigenvalue weighted by Crippen LogP contribution is -2.12. The van der Waals surface area contributed by atoms with Crippen molar-refractivity contribution in [3.05, 3.63) is 63.9 Å². The van der Waals surface area contributed by atoms with Crippen LogP contribution >= 0.6 is 27.5 Å². The van der Waals surface area contributed by atoms with Gasteiger partial charge < -0.3 is 5.32 Å². The molecule has 2 rings (SSSR count). The number of anilines is 1. The fraction of sp³-hybridized carbons (Fsp3) is 0.133. The summed E-state index contributed by atoms with van der Waals surface area (Å²) in [5.74, 6) is -0.251. The lowest BCUT2D eigenvalue weighted by molar-refractivity contribution is 0.102. The third-order valence-electron chi connectivity index (χ3n) is 2.77. The van der Waals surface area contributed by atoms with E-state index in [-0.39, 0.29) is 11.5 Å². The van der Waals surface area contributed by atoms with E-state index in [2.05, 4.69) is 21.2 Å². The molecule has 0 saturated heterocycles. The molecule has 0 radical (unpaired) electrons. The van der Waals surface area contributed by atoms with Crippen LogP contribution in [0.15, 0.2) is 46.9 Å². The standard InChI is InChI=1S/C15H12BrClFNO/c16-14-6-3-11(18)9-13(14)15(20)19-12-4-1-10(2-5-12)7-8-17/h1-6,9H,7-8H2,(H,19,20). The highest BCUT2D eigenvalue weighted by molar-refractivity contribution is 9.10. The van der Waals surface area contributed by atoms with E-state index in [0.717, 1.165) is 12.0 Å². The highest BCUT2D eigenvalue weighted by Gasteiger charge is 2.11. The Labute approximate surface area is 130 Å². The third kappa shape index (κ3) is 3.81. The Morgan fingerprint density at radius 1 is 1.20 bits per heavy atom. The number of hydrogen-bond acceptors (Lipinski definition) is 1. The molecular weight excluding hydrogens is 345 g/mol. The SMILES string of the molecule is O=C(Nc1ccc(CCCl)cc1)c1cc(F)ccc1Br. The summed E-state index contributed by atoms with van der Waals surface area (Å²) in [6.07, 6.45) is 0.783. The summed E-state index contributed by atoms with van der Waals surface area (Å²) < 4.78 is 13.7. The van der Waals surface area contributed by atoms with Crippen LogP contribution in [-0.2, 0) is 6.42 Å². The molecule has 0 aliphatic carbocycles. The summed E-state index contributed by atoms with van der Waals surface area (Å²) in [7, 11) is 0. The Bertz CT molecular complexity index is 616. The number of alkyl halides is 1. The van der Waals surface area contributed by atoms with Crippen LogP contribution in [-0.4, -0.2) is 11.8 Å². The van der Waals surface area contributed by atoms with Crippen LogP contribution < -0.4 is 5.32 Å². The number of nitrogens with one attached hydrogen (secondary N) is 1. The van der Waals surface area contributed by atoms with Crippen molar-refractivity contribution in [2.45, 2.75) is 6.42 Å². The van der Waals surface area contributed by atoms with E-state index in [1.54, 1.807) is 12.1 Å². The second-order valence-corrected chi connectivity index (χ2v) is 5.45. The monoisotopic (exact) mass is 355 g/mol. The second-order valence-electron chi connectivity index (χ2n) is 4.21. The lowest BCUT2D eigenvalue weighted by Gasteiger charge is -2.08. The third-order valence-corrected chi connectivity index (χ3v) is 3.65. The Balaban J connectivity index is 2.13. The molecule has 2 nitrogen and oxygen atoms in total. The van der Waals surface area contributed by atoms with Crippen molar-refractivity contribution >= 4 is 39.1 Å². The summed E-state index contributed by atoms with van der Waals surface area (Å²) in [6.45, 7) is 0. The number of aryl methyl sites for hydroxylation is 1. The number of carbonyl (C=O) groups excluding carboxylic acids is 1. The van der Waals surface area contributed by atoms with E-state index in [9.17, 15) is 9.18 Å². The van der Waals surface area contributed by atoms with Crippen molar-refractivity contribution in [3.63, 3.8) is 0 Å². The van der Waals surface area contributed by atoms with Crippen LogP contribution in [0.25, 0.3) is 0 Å². The quantitative estimate of drug-likeness (QED) is 0.796. The predicted octanol–water partition coefficient (Wildman–Crippen LogP) is 4.62. The molecule has 0 heterocycles. The topological polar surface area (TPSA) is 29.1 Å². The molecule has 1 amide bonds. The van der Waals surface area contributed by atoms with Crippen molar-refractivity contribution in [1.82, 2.24) is 0 Å². The molecule has 104 valence electrons. The largest absolute Gasteiger partial charge is 0.322 e. The van der Waals surface area contributed by atoms with Gasteiger partial charge in [0.05, 0.1) is 5.56 Å². The molecule has 20 heavy (non-hydrogen) atoms. The van der Waals surface area contributed by atoms with Crippen molar-refractivity contribution in [1.29, 1.82) is 0 Å². The van der Waals surface area contributed by atoms with Gasteiger partial charge in [-0.1, -0.05) is 12.1 Å². The van der Waals surface area contributed by atoms with Gasteiger partial charge in [-0.05, 0) is 58.2 Å². The second kappa shape index (κ2) is 6.86. The molecule has 5 heteroatoms. The minimum atomic E-state index is -0.448. The predicted molar refractivity (Wildman–Crippen MR) is 82.9 cm³/mol. The van der Waals surface area contributed by atoms with E-state index in [1.165, 1.54) is 18.2 Å². The van der Waals surface area contributed by atoms with Gasteiger partial charge in [0.25, 0.3) is 5.91 Å². The molecule has 0 saturated carbocycles. The van der Waals surface area contributed by atoms with Gasteiger partial charge in [0, 0.05) is 16.0 Å². The molecule has 2 aromatic rings. The molecule has 0 atom stereocenters. The van der Waals surface area contributed by atoms with Crippen molar-refractivity contribution in [2.75, 3.05) is 11.2 Å². The molecule has 0 unspecified atom stereocenters. The fourth-order valence-corrected chi connectivity index (χ4v) is 2.38. The normalized spacial score (nSPS) is 10.3. The molecule has 0 aromatic heterocycles. The molecule has 0 spiro atoms. The number of carbonyl (C=O) groups is 1. The average molecular weight is 357 g/mol. The number of benzene rings is 2. The molecule has 1 N–H and O–H groups in total. The van der Waals surface area contributed by atoms with Crippen molar-refractivity contribution in [2.24, 2.45) is 0 Å². The maximum Gasteiger partial charge on any atom is 0.256 e. The highest BCUT2D eigenvalue weighted by atomic mass is 79.9. The Morgan fingerprint density at radius 3 is 2.55 bits per heavy atom. The van der Waals surface area contributed by atoms with E-state index in [0.29, 0.717) is 16.0 Å². The van der Waals surface area contributed by atoms with E-state index in [4.69, 9.17) is 11.6 Å². The van der Waals surface area contributed by atoms with Crippen LogP contribution in [0.5, 0.6) is 0 Å². The van der Waals surface area contributed by atoms with Gasteiger partial charge in [0.15, 0.2) is 0 Å². The summed E-state index contributed by atoms with van der Waals surface area (Å²) in [5, 5.41) is 2.73. The molecule has 0 fully saturated rings. The van der Waals surface area contributed by atoms with Crippen LogP contribution in [0, 0.1) is 5.82 Å². The van der Waals surface area contributed by atoms with Gasteiger partial charge in [-0.25, -0.2) is 4.39 Å². The summed E-state index contributed by atoms with van der Waals surface area (Å²) in [5.41, 5.74) is 2.02. The Kier molecular flexibility index (Phi) is 5.15. The zero-order chi connectivity index (χ0) is 14.5. The average Bonchev–Trinajstić information content (AvgIpc) is 2.44. The first-order valence-corrected chi connectivity index (χ1v) is 7.34. The molecule has 0 aliphatic rings. The van der Waals surface area contributed by atoms with Crippen molar-refractivity contribution < 1.29 is 9.18 Å². The minimum Gasteiger partial charge on any atom is -0.322 e. The summed E-state index contributed by atoms with van der Waals surface area (Å²) >= 11 is 8.90. The van der Waals surface area contributed by atoms with Crippen LogP contribution in [0.4, 0.5) is 10.1 Å². The molecular formula is C15H12BrClFNO. The number of amides is 1. The van der Waals surface area contributed by atoms with E-state index >= 15 is 0 Å². The van der Waals surface area contributed by atoms with Crippen LogP contribution in [0.1, 0.15) is 15.9 Å².